The van der Waals surface area contributed by atoms with E-state index in [0.29, 0.717) is 15.8 Å². The highest BCUT2D eigenvalue weighted by Gasteiger charge is 2.28. The van der Waals surface area contributed by atoms with Crippen LogP contribution in [0.4, 0.5) is 5.69 Å². The number of thioether (sulfide) groups is 2. The van der Waals surface area contributed by atoms with Gasteiger partial charge < -0.3 is 9.64 Å². The summed E-state index contributed by atoms with van der Waals surface area (Å²) >= 11 is 8.14. The molecule has 2 aliphatic rings. The van der Waals surface area contributed by atoms with E-state index in [0.717, 1.165) is 21.4 Å². The fourth-order valence-electron chi connectivity index (χ4n) is 2.26. The molecule has 120 valence electrons. The van der Waals surface area contributed by atoms with Crippen molar-refractivity contribution < 1.29 is 9.53 Å². The molecular formula is C16H16N2O2S3. The number of nitrogens with zero attached hydrogens (tertiary/aromatic N) is 2. The third-order valence-electron chi connectivity index (χ3n) is 3.51. The first-order chi connectivity index (χ1) is 11.0. The summed E-state index contributed by atoms with van der Waals surface area (Å²) in [4.78, 5) is 17.4. The molecule has 0 bridgehead atoms. The van der Waals surface area contributed by atoms with Gasteiger partial charge >= 0.3 is 0 Å². The monoisotopic (exact) mass is 364 g/mol. The molecule has 0 aliphatic carbocycles. The molecule has 1 amide bonds. The quantitative estimate of drug-likeness (QED) is 0.599. The summed E-state index contributed by atoms with van der Waals surface area (Å²) in [6.45, 7) is 2.63. The Balaban J connectivity index is 1.83. The Bertz CT molecular complexity index is 743. The number of benzene rings is 1. The van der Waals surface area contributed by atoms with Gasteiger partial charge in [0.15, 0.2) is 0 Å². The van der Waals surface area contributed by atoms with Crippen molar-refractivity contribution in [1.82, 2.24) is 4.90 Å². The highest BCUT2D eigenvalue weighted by Crippen LogP contribution is 2.46. The minimum Gasteiger partial charge on any atom is -0.494 e. The van der Waals surface area contributed by atoms with E-state index in [4.69, 9.17) is 17.0 Å². The van der Waals surface area contributed by atoms with Crippen LogP contribution in [0.2, 0.25) is 0 Å². The molecule has 1 fully saturated rings. The second-order valence-electron chi connectivity index (χ2n) is 4.99. The average Bonchev–Trinajstić information content (AvgIpc) is 2.97. The first kappa shape index (κ1) is 16.4. The Kier molecular flexibility index (Phi) is 4.70. The number of likely N-dealkylation sites (N-methyl/N-ethyl adjacent to an activating group) is 1. The third kappa shape index (κ3) is 3.13. The number of hydrogen-bond acceptors (Lipinski definition) is 6. The molecule has 1 aromatic carbocycles. The maximum absolute atomic E-state index is 12.0. The van der Waals surface area contributed by atoms with Gasteiger partial charge in [0.2, 0.25) is 0 Å². The van der Waals surface area contributed by atoms with Gasteiger partial charge in [-0.25, -0.2) is 0 Å². The van der Waals surface area contributed by atoms with Crippen LogP contribution < -0.4 is 9.64 Å². The molecule has 2 aliphatic heterocycles. The Hall–Kier alpha value is -1.44. The van der Waals surface area contributed by atoms with Gasteiger partial charge in [0, 0.05) is 19.0 Å². The fraction of sp³-hybridized carbons (Fsp3) is 0.250. The molecule has 4 nitrogen and oxygen atoms in total. The van der Waals surface area contributed by atoms with Crippen LogP contribution in [-0.4, -0.2) is 35.8 Å². The zero-order valence-corrected chi connectivity index (χ0v) is 15.5. The van der Waals surface area contributed by atoms with Gasteiger partial charge in [-0.05, 0) is 37.3 Å². The molecule has 3 rings (SSSR count). The number of anilines is 1. The number of allylic oxidation sites excluding steroid dienone is 2. The normalized spacial score (nSPS) is 20.8. The predicted octanol–water partition coefficient (Wildman–Crippen LogP) is 3.84. The second kappa shape index (κ2) is 6.59. The van der Waals surface area contributed by atoms with Crippen LogP contribution in [0.25, 0.3) is 0 Å². The molecule has 1 aromatic rings. The number of thiocarbonyl (C=S) groups is 1. The topological polar surface area (TPSA) is 32.8 Å². The number of amides is 1. The van der Waals surface area contributed by atoms with Crippen LogP contribution >= 0.6 is 35.7 Å². The Labute approximate surface area is 149 Å². The average molecular weight is 365 g/mol. The van der Waals surface area contributed by atoms with Crippen LogP contribution in [0.3, 0.4) is 0 Å². The van der Waals surface area contributed by atoms with Gasteiger partial charge in [0.25, 0.3) is 5.91 Å². The lowest BCUT2D eigenvalue weighted by Crippen LogP contribution is -2.22. The number of ether oxygens (including phenoxy) is 1. The largest absolute Gasteiger partial charge is 0.494 e. The van der Waals surface area contributed by atoms with Gasteiger partial charge in [0.1, 0.15) is 10.1 Å². The van der Waals surface area contributed by atoms with E-state index in [1.807, 2.05) is 38.3 Å². The molecule has 0 atom stereocenters. The maximum atomic E-state index is 12.0. The summed E-state index contributed by atoms with van der Waals surface area (Å²) in [6, 6.07) is 6.08. The SMILES string of the molecule is CCOc1ccc2c(c1)SC(=CC=C1SC(=S)N(C)C1=O)N2C. The summed E-state index contributed by atoms with van der Waals surface area (Å²) in [7, 11) is 3.72. The van der Waals surface area contributed by atoms with Crippen LogP contribution in [-0.2, 0) is 4.79 Å². The Morgan fingerprint density at radius 3 is 2.65 bits per heavy atom. The van der Waals surface area contributed by atoms with Crippen molar-refractivity contribution in [2.45, 2.75) is 11.8 Å². The standard InChI is InChI=1S/C16H16N2O2S3/c1-4-20-10-5-6-11-13(9-10)22-14(17(11)2)8-7-12-15(19)18(3)16(21)23-12/h5-9H,4H2,1-3H3. The highest BCUT2D eigenvalue weighted by molar-refractivity contribution is 8.26. The van der Waals surface area contributed by atoms with Crippen molar-refractivity contribution in [3.05, 3.63) is 40.3 Å². The molecule has 0 N–H and O–H groups in total. The lowest BCUT2D eigenvalue weighted by atomic mass is 10.3. The van der Waals surface area contributed by atoms with Crippen LogP contribution in [0.15, 0.2) is 45.2 Å². The molecule has 0 aromatic heterocycles. The molecule has 0 spiro atoms. The highest BCUT2D eigenvalue weighted by atomic mass is 32.2. The Morgan fingerprint density at radius 1 is 1.22 bits per heavy atom. The number of fused-ring (bicyclic) bond motifs is 1. The zero-order chi connectivity index (χ0) is 16.6. The van der Waals surface area contributed by atoms with Gasteiger partial charge in [-0.15, -0.1) is 0 Å². The lowest BCUT2D eigenvalue weighted by Gasteiger charge is -2.13. The van der Waals surface area contributed by atoms with Gasteiger partial charge in [-0.1, -0.05) is 35.7 Å². The minimum absolute atomic E-state index is 0.0429. The number of rotatable bonds is 3. The molecular weight excluding hydrogens is 348 g/mol. The van der Waals surface area contributed by atoms with E-state index in [2.05, 4.69) is 11.0 Å². The number of carbonyl (C=O) groups is 1. The van der Waals surface area contributed by atoms with E-state index >= 15 is 0 Å². The minimum atomic E-state index is -0.0429. The smallest absolute Gasteiger partial charge is 0.265 e. The zero-order valence-electron chi connectivity index (χ0n) is 13.0. The van der Waals surface area contributed by atoms with Gasteiger partial charge in [-0.2, -0.15) is 0 Å². The molecule has 7 heteroatoms. The van der Waals surface area contributed by atoms with Crippen molar-refractivity contribution in [2.75, 3.05) is 25.6 Å². The molecule has 0 unspecified atom stereocenters. The van der Waals surface area contributed by atoms with E-state index in [-0.39, 0.29) is 5.91 Å². The molecule has 2 heterocycles. The van der Waals surface area contributed by atoms with Crippen molar-refractivity contribution in [1.29, 1.82) is 0 Å². The van der Waals surface area contributed by atoms with Gasteiger partial charge in [-0.3, -0.25) is 9.69 Å². The first-order valence-electron chi connectivity index (χ1n) is 7.11. The van der Waals surface area contributed by atoms with Crippen molar-refractivity contribution in [2.24, 2.45) is 0 Å². The van der Waals surface area contributed by atoms with Crippen molar-refractivity contribution >= 4 is 51.7 Å². The van der Waals surface area contributed by atoms with Gasteiger partial charge in [0.05, 0.1) is 22.2 Å². The summed E-state index contributed by atoms with van der Waals surface area (Å²) in [6.07, 6.45) is 3.81. The lowest BCUT2D eigenvalue weighted by molar-refractivity contribution is -0.121. The van der Waals surface area contributed by atoms with E-state index in [9.17, 15) is 4.79 Å². The molecule has 0 radical (unpaired) electrons. The summed E-state index contributed by atoms with van der Waals surface area (Å²) in [5, 5.41) is 1.06. The van der Waals surface area contributed by atoms with Crippen molar-refractivity contribution in [3.8, 4) is 5.75 Å². The summed E-state index contributed by atoms with van der Waals surface area (Å²) in [5.74, 6) is 0.832. The fourth-order valence-corrected chi connectivity index (χ4v) is 4.46. The maximum Gasteiger partial charge on any atom is 0.265 e. The number of carbonyl (C=O) groups excluding carboxylic acids is 1. The Morgan fingerprint density at radius 2 is 2.00 bits per heavy atom. The van der Waals surface area contributed by atoms with E-state index in [1.54, 1.807) is 18.8 Å². The number of hydrogen-bond donors (Lipinski definition) is 0. The van der Waals surface area contributed by atoms with Crippen LogP contribution in [0.1, 0.15) is 6.92 Å². The first-order valence-corrected chi connectivity index (χ1v) is 9.15. The molecule has 1 saturated heterocycles. The second-order valence-corrected chi connectivity index (χ2v) is 7.73. The van der Waals surface area contributed by atoms with Crippen LogP contribution in [0, 0.1) is 0 Å². The van der Waals surface area contributed by atoms with E-state index < -0.39 is 0 Å². The van der Waals surface area contributed by atoms with E-state index in [1.165, 1.54) is 16.7 Å². The third-order valence-corrected chi connectivity index (χ3v) is 6.18. The molecule has 23 heavy (non-hydrogen) atoms. The van der Waals surface area contributed by atoms with Crippen LogP contribution in [0.5, 0.6) is 5.75 Å². The summed E-state index contributed by atoms with van der Waals surface area (Å²) in [5.41, 5.74) is 1.14. The molecule has 0 saturated carbocycles. The summed E-state index contributed by atoms with van der Waals surface area (Å²) < 4.78 is 6.14. The predicted molar refractivity (Wildman–Crippen MR) is 101 cm³/mol. The van der Waals surface area contributed by atoms with Crippen molar-refractivity contribution in [3.63, 3.8) is 0 Å².